The van der Waals surface area contributed by atoms with Crippen molar-refractivity contribution in [3.05, 3.63) is 0 Å². The van der Waals surface area contributed by atoms with Crippen LogP contribution in [0.3, 0.4) is 0 Å². The van der Waals surface area contributed by atoms with Crippen LogP contribution in [-0.2, 0) is 9.53 Å². The first-order chi connectivity index (χ1) is 15.2. The van der Waals surface area contributed by atoms with Crippen molar-refractivity contribution in [2.24, 2.45) is 52.3 Å². The van der Waals surface area contributed by atoms with E-state index >= 15 is 0 Å². The topological polar surface area (TPSA) is 46.5 Å². The van der Waals surface area contributed by atoms with E-state index in [0.717, 1.165) is 36.5 Å². The summed E-state index contributed by atoms with van der Waals surface area (Å²) < 4.78 is 5.72. The molecule has 32 heavy (non-hydrogen) atoms. The molecule has 4 fully saturated rings. The maximum Gasteiger partial charge on any atom is 0.302 e. The van der Waals surface area contributed by atoms with Crippen LogP contribution in [0.5, 0.6) is 0 Å². The minimum atomic E-state index is -0.301. The summed E-state index contributed by atoms with van der Waals surface area (Å²) in [6, 6.07) is 0. The third-order valence-corrected chi connectivity index (χ3v) is 11.1. The van der Waals surface area contributed by atoms with Gasteiger partial charge < -0.3 is 9.84 Å². The van der Waals surface area contributed by atoms with E-state index in [9.17, 15) is 9.90 Å². The van der Waals surface area contributed by atoms with Crippen molar-refractivity contribution in [2.45, 2.75) is 118 Å². The first kappa shape index (κ1) is 24.6. The van der Waals surface area contributed by atoms with Crippen molar-refractivity contribution >= 4 is 5.97 Å². The van der Waals surface area contributed by atoms with Crippen molar-refractivity contribution in [3.8, 4) is 0 Å². The van der Waals surface area contributed by atoms with Crippen LogP contribution < -0.4 is 0 Å². The molecule has 4 aliphatic rings. The first-order valence-corrected chi connectivity index (χ1v) is 14.0. The Kier molecular flexibility index (Phi) is 7.36. The fraction of sp³-hybridized carbons (Fsp3) is 0.966. The van der Waals surface area contributed by atoms with Crippen LogP contribution in [0.2, 0.25) is 0 Å². The summed E-state index contributed by atoms with van der Waals surface area (Å²) in [5.74, 6) is 4.88. The maximum absolute atomic E-state index is 11.8. The molecular formula is C29H50O3. The fourth-order valence-electron chi connectivity index (χ4n) is 9.65. The molecule has 3 heteroatoms. The van der Waals surface area contributed by atoms with Gasteiger partial charge in [0.25, 0.3) is 0 Å². The number of hydrogen-bond donors (Lipinski definition) is 1. The van der Waals surface area contributed by atoms with E-state index in [4.69, 9.17) is 4.74 Å². The van der Waals surface area contributed by atoms with Crippen molar-refractivity contribution in [1.29, 1.82) is 0 Å². The summed E-state index contributed by atoms with van der Waals surface area (Å²) >= 11 is 0. The summed E-state index contributed by atoms with van der Waals surface area (Å²) in [6.45, 7) is 11.8. The van der Waals surface area contributed by atoms with Gasteiger partial charge in [0, 0.05) is 12.3 Å². The van der Waals surface area contributed by atoms with Crippen molar-refractivity contribution < 1.29 is 14.6 Å². The van der Waals surface area contributed by atoms with E-state index < -0.39 is 0 Å². The van der Waals surface area contributed by atoms with Gasteiger partial charge >= 0.3 is 5.97 Å². The summed E-state index contributed by atoms with van der Waals surface area (Å²) in [7, 11) is 0. The van der Waals surface area contributed by atoms with Gasteiger partial charge in [-0.15, -0.1) is 0 Å². The Morgan fingerprint density at radius 2 is 1.78 bits per heavy atom. The second kappa shape index (κ2) is 9.59. The molecule has 0 aromatic carbocycles. The average molecular weight is 447 g/mol. The Hall–Kier alpha value is -0.570. The molecule has 0 saturated heterocycles. The molecule has 3 nitrogen and oxygen atoms in total. The summed E-state index contributed by atoms with van der Waals surface area (Å²) in [5, 5.41) is 11.4. The Morgan fingerprint density at radius 1 is 1.00 bits per heavy atom. The predicted molar refractivity (Wildman–Crippen MR) is 130 cm³/mol. The van der Waals surface area contributed by atoms with Gasteiger partial charge in [-0.1, -0.05) is 53.4 Å². The van der Waals surface area contributed by atoms with Crippen LogP contribution >= 0.6 is 0 Å². The third-order valence-electron chi connectivity index (χ3n) is 11.1. The minimum Gasteiger partial charge on any atom is -0.465 e. The highest BCUT2D eigenvalue weighted by Gasteiger charge is 2.63. The predicted octanol–water partition coefficient (Wildman–Crippen LogP) is 7.01. The number of hydrogen-bond acceptors (Lipinski definition) is 3. The number of fused-ring (bicyclic) bond motifs is 5. The van der Waals surface area contributed by atoms with E-state index in [0.29, 0.717) is 29.8 Å². The van der Waals surface area contributed by atoms with Gasteiger partial charge in [-0.05, 0) is 98.2 Å². The lowest BCUT2D eigenvalue weighted by atomic mass is 9.43. The van der Waals surface area contributed by atoms with Crippen LogP contribution in [0, 0.1) is 52.3 Å². The van der Waals surface area contributed by atoms with E-state index in [1.165, 1.54) is 71.1 Å². The minimum absolute atomic E-state index is 0.185. The number of rotatable bonds is 7. The third kappa shape index (κ3) is 4.18. The second-order valence-corrected chi connectivity index (χ2v) is 13.0. The number of ether oxygens (including phenoxy) is 1. The quantitative estimate of drug-likeness (QED) is 0.428. The highest BCUT2D eigenvalue weighted by atomic mass is 16.5. The van der Waals surface area contributed by atoms with E-state index in [2.05, 4.69) is 27.7 Å². The fourth-order valence-corrected chi connectivity index (χ4v) is 9.65. The number of esters is 1. The van der Waals surface area contributed by atoms with Gasteiger partial charge in [-0.3, -0.25) is 4.79 Å². The number of aliphatic hydroxyl groups is 1. The molecule has 4 saturated carbocycles. The molecule has 0 heterocycles. The van der Waals surface area contributed by atoms with Gasteiger partial charge in [0.1, 0.15) is 0 Å². The zero-order chi connectivity index (χ0) is 23.1. The smallest absolute Gasteiger partial charge is 0.302 e. The molecule has 184 valence electrons. The lowest BCUT2D eigenvalue weighted by Gasteiger charge is -2.62. The Bertz CT molecular complexity index is 659. The zero-order valence-corrected chi connectivity index (χ0v) is 21.6. The van der Waals surface area contributed by atoms with Gasteiger partial charge in [0.15, 0.2) is 0 Å². The van der Waals surface area contributed by atoms with Crippen LogP contribution in [0.1, 0.15) is 112 Å². The van der Waals surface area contributed by atoms with Gasteiger partial charge in [0.2, 0.25) is 0 Å². The molecular weight excluding hydrogens is 396 g/mol. The molecule has 9 atom stereocenters. The van der Waals surface area contributed by atoms with Crippen molar-refractivity contribution in [3.63, 3.8) is 0 Å². The Morgan fingerprint density at radius 3 is 2.50 bits per heavy atom. The SMILES string of the molecule is CC(=O)OC[C@@]12[C@H](CCC[C@@H]1O)CC[C@H]1[C@@H]3CC[C@H]([C@H](C)CCCC(C)C)[C@@]3(C)CC[C@@H]12. The van der Waals surface area contributed by atoms with Crippen molar-refractivity contribution in [2.75, 3.05) is 6.61 Å². The zero-order valence-electron chi connectivity index (χ0n) is 21.6. The van der Waals surface area contributed by atoms with E-state index in [1.54, 1.807) is 0 Å². The molecule has 1 N–H and O–H groups in total. The van der Waals surface area contributed by atoms with Gasteiger partial charge in [0.05, 0.1) is 12.7 Å². The number of aliphatic hydroxyl groups excluding tert-OH is 1. The summed E-state index contributed by atoms with van der Waals surface area (Å²) in [6.07, 6.45) is 14.9. The lowest BCUT2D eigenvalue weighted by Crippen LogP contribution is -2.61. The molecule has 0 aromatic heterocycles. The summed E-state index contributed by atoms with van der Waals surface area (Å²) in [4.78, 5) is 11.8. The summed E-state index contributed by atoms with van der Waals surface area (Å²) in [5.41, 5.74) is 0.280. The highest BCUT2D eigenvalue weighted by Crippen LogP contribution is 2.68. The monoisotopic (exact) mass is 446 g/mol. The van der Waals surface area contributed by atoms with Crippen molar-refractivity contribution in [1.82, 2.24) is 0 Å². The first-order valence-electron chi connectivity index (χ1n) is 14.0. The molecule has 0 spiro atoms. The van der Waals surface area contributed by atoms with Gasteiger partial charge in [-0.25, -0.2) is 0 Å². The van der Waals surface area contributed by atoms with Crippen LogP contribution in [0.15, 0.2) is 0 Å². The molecule has 0 aromatic rings. The van der Waals surface area contributed by atoms with Gasteiger partial charge in [-0.2, -0.15) is 0 Å². The largest absolute Gasteiger partial charge is 0.465 e. The molecule has 0 bridgehead atoms. The van der Waals surface area contributed by atoms with E-state index in [1.807, 2.05) is 0 Å². The lowest BCUT2D eigenvalue weighted by molar-refractivity contribution is -0.201. The average Bonchev–Trinajstić information content (AvgIpc) is 3.09. The van der Waals surface area contributed by atoms with E-state index in [-0.39, 0.29) is 17.5 Å². The molecule has 4 aliphatic carbocycles. The molecule has 0 amide bonds. The van der Waals surface area contributed by atoms with Crippen LogP contribution in [0.4, 0.5) is 0 Å². The Balaban J connectivity index is 1.54. The number of carbonyl (C=O) groups excluding carboxylic acids is 1. The van der Waals surface area contributed by atoms with Crippen LogP contribution in [0.25, 0.3) is 0 Å². The number of carbonyl (C=O) groups is 1. The second-order valence-electron chi connectivity index (χ2n) is 13.0. The standard InChI is InChI=1S/C29H50O3/c1-19(2)8-6-9-20(3)24-14-15-25-23-13-12-22-10-7-11-27(31)29(22,18-32-21(4)30)26(23)16-17-28(24,25)5/h19-20,22-27,31H,6-18H2,1-5H3/t20-,22-,23+,24-,25+,26+,27+,28-,29+/m1/s1. The Labute approximate surface area is 197 Å². The molecule has 4 rings (SSSR count). The maximum atomic E-state index is 11.8. The molecule has 0 unspecified atom stereocenters. The normalized spacial score (nSPS) is 44.5. The van der Waals surface area contributed by atoms with Crippen LogP contribution in [-0.4, -0.2) is 23.8 Å². The highest BCUT2D eigenvalue weighted by molar-refractivity contribution is 5.65. The molecule has 0 aliphatic heterocycles. The molecule has 0 radical (unpaired) electrons.